The van der Waals surface area contributed by atoms with Crippen LogP contribution in [0.3, 0.4) is 0 Å². The van der Waals surface area contributed by atoms with Crippen LogP contribution in [0.15, 0.2) is 48.5 Å². The molecule has 9 heteroatoms. The predicted molar refractivity (Wildman–Crippen MR) is 119 cm³/mol. The monoisotopic (exact) mass is 462 g/mol. The Kier molecular flexibility index (Phi) is 6.77. The summed E-state index contributed by atoms with van der Waals surface area (Å²) in [5, 5.41) is 6.20. The highest BCUT2D eigenvalue weighted by Gasteiger charge is 2.27. The van der Waals surface area contributed by atoms with E-state index in [2.05, 4.69) is 10.6 Å². The Morgan fingerprint density at radius 3 is 2.17 bits per heavy atom. The van der Waals surface area contributed by atoms with Gasteiger partial charge in [-0.3, -0.25) is 9.59 Å². The van der Waals surface area contributed by atoms with Crippen molar-refractivity contribution in [3.8, 4) is 0 Å². The van der Waals surface area contributed by atoms with E-state index in [1.54, 1.807) is 55.5 Å². The van der Waals surface area contributed by atoms with Gasteiger partial charge < -0.3 is 15.4 Å². The van der Waals surface area contributed by atoms with E-state index in [0.717, 1.165) is 11.3 Å². The predicted octanol–water partition coefficient (Wildman–Crippen LogP) is 5.65. The minimum Gasteiger partial charge on any atom is -0.465 e. The molecule has 2 amide bonds. The molecule has 0 saturated carbocycles. The molecule has 6 nitrogen and oxygen atoms in total. The number of anilines is 2. The van der Waals surface area contributed by atoms with Gasteiger partial charge in [0.05, 0.1) is 38.8 Å². The molecule has 2 aromatic carbocycles. The lowest BCUT2D eigenvalue weighted by atomic mass is 10.1. The molecule has 0 atom stereocenters. The number of hydrogen-bond acceptors (Lipinski definition) is 5. The second-order valence-corrected chi connectivity index (χ2v) is 7.95. The molecule has 1 heterocycles. The van der Waals surface area contributed by atoms with Gasteiger partial charge in [0.1, 0.15) is 5.00 Å². The SMILES string of the molecule is COC(=O)c1c(NC(=O)c2ccccc2Cl)sc(C(=O)Nc2ccccc2Cl)c1C. The molecule has 0 fully saturated rings. The minimum atomic E-state index is -0.671. The van der Waals surface area contributed by atoms with Gasteiger partial charge in [0.25, 0.3) is 11.8 Å². The average Bonchev–Trinajstić information content (AvgIpc) is 3.05. The summed E-state index contributed by atoms with van der Waals surface area (Å²) in [5.74, 6) is -1.64. The number of methoxy groups -OCH3 is 1. The molecule has 0 unspecified atom stereocenters. The van der Waals surface area contributed by atoms with Gasteiger partial charge in [-0.15, -0.1) is 11.3 Å². The molecule has 3 aromatic rings. The van der Waals surface area contributed by atoms with E-state index >= 15 is 0 Å². The van der Waals surface area contributed by atoms with Gasteiger partial charge in [0, 0.05) is 0 Å². The maximum absolute atomic E-state index is 12.8. The Bertz CT molecular complexity index is 1140. The molecule has 0 aliphatic heterocycles. The molecule has 2 N–H and O–H groups in total. The fourth-order valence-corrected chi connectivity index (χ4v) is 4.21. The van der Waals surface area contributed by atoms with Crippen molar-refractivity contribution in [1.82, 2.24) is 0 Å². The number of thiophene rings is 1. The molecule has 0 bridgehead atoms. The number of amides is 2. The van der Waals surface area contributed by atoms with Gasteiger partial charge >= 0.3 is 5.97 Å². The Balaban J connectivity index is 1.96. The van der Waals surface area contributed by atoms with Crippen LogP contribution >= 0.6 is 34.5 Å². The Hall–Kier alpha value is -2.87. The summed E-state index contributed by atoms with van der Waals surface area (Å²) >= 11 is 13.1. The van der Waals surface area contributed by atoms with E-state index in [1.165, 1.54) is 7.11 Å². The van der Waals surface area contributed by atoms with Crippen molar-refractivity contribution in [2.75, 3.05) is 17.7 Å². The van der Waals surface area contributed by atoms with E-state index in [9.17, 15) is 14.4 Å². The van der Waals surface area contributed by atoms with E-state index in [0.29, 0.717) is 16.3 Å². The second kappa shape index (κ2) is 9.30. The zero-order valence-electron chi connectivity index (χ0n) is 15.9. The third-order valence-corrected chi connectivity index (χ3v) is 6.08. The van der Waals surface area contributed by atoms with Crippen LogP contribution in [0.25, 0.3) is 0 Å². The number of ether oxygens (including phenoxy) is 1. The standard InChI is InChI=1S/C21H16Cl2N2O4S/c1-11-16(21(28)29-2)20(25-18(26)12-7-3-4-8-13(12)22)30-17(11)19(27)24-15-10-6-5-9-14(15)23/h3-10H,1-2H3,(H,24,27)(H,25,26). The lowest BCUT2D eigenvalue weighted by Gasteiger charge is -2.07. The van der Waals surface area contributed by atoms with Gasteiger partial charge in [-0.2, -0.15) is 0 Å². The fraction of sp³-hybridized carbons (Fsp3) is 0.0952. The van der Waals surface area contributed by atoms with E-state index in [4.69, 9.17) is 27.9 Å². The number of hydrogen-bond donors (Lipinski definition) is 2. The molecule has 0 saturated heterocycles. The Labute approximate surface area is 186 Å². The maximum Gasteiger partial charge on any atom is 0.341 e. The van der Waals surface area contributed by atoms with Crippen molar-refractivity contribution in [3.63, 3.8) is 0 Å². The highest BCUT2D eigenvalue weighted by atomic mass is 35.5. The van der Waals surface area contributed by atoms with Crippen LogP contribution < -0.4 is 10.6 Å². The summed E-state index contributed by atoms with van der Waals surface area (Å²) in [6.45, 7) is 1.61. The largest absolute Gasteiger partial charge is 0.465 e. The van der Waals surface area contributed by atoms with Crippen molar-refractivity contribution >= 4 is 63.0 Å². The first-order chi connectivity index (χ1) is 14.3. The van der Waals surface area contributed by atoms with E-state index in [-0.39, 0.29) is 26.0 Å². The van der Waals surface area contributed by atoms with Crippen molar-refractivity contribution < 1.29 is 19.1 Å². The normalized spacial score (nSPS) is 10.4. The molecule has 0 aliphatic rings. The summed E-state index contributed by atoms with van der Waals surface area (Å²) in [5.41, 5.74) is 1.15. The number of carbonyl (C=O) groups is 3. The van der Waals surface area contributed by atoms with Crippen molar-refractivity contribution in [2.45, 2.75) is 6.92 Å². The zero-order valence-corrected chi connectivity index (χ0v) is 18.2. The van der Waals surface area contributed by atoms with Crippen LogP contribution in [0.4, 0.5) is 10.7 Å². The first kappa shape index (κ1) is 21.8. The van der Waals surface area contributed by atoms with Crippen molar-refractivity contribution in [2.24, 2.45) is 0 Å². The summed E-state index contributed by atoms with van der Waals surface area (Å²) in [4.78, 5) is 38.1. The molecular formula is C21H16Cl2N2O4S. The first-order valence-corrected chi connectivity index (χ1v) is 10.2. The van der Waals surface area contributed by atoms with Crippen molar-refractivity contribution in [3.05, 3.63) is 80.1 Å². The number of carbonyl (C=O) groups excluding carboxylic acids is 3. The van der Waals surface area contributed by atoms with Crippen LogP contribution in [0.2, 0.25) is 10.0 Å². The number of para-hydroxylation sites is 1. The van der Waals surface area contributed by atoms with Gasteiger partial charge in [0.2, 0.25) is 0 Å². The number of nitrogens with one attached hydrogen (secondary N) is 2. The molecule has 154 valence electrons. The quantitative estimate of drug-likeness (QED) is 0.479. The smallest absolute Gasteiger partial charge is 0.341 e. The third-order valence-electron chi connectivity index (χ3n) is 4.21. The summed E-state index contributed by atoms with van der Waals surface area (Å²) in [6.07, 6.45) is 0. The molecule has 30 heavy (non-hydrogen) atoms. The van der Waals surface area contributed by atoms with Crippen LogP contribution in [0, 0.1) is 6.92 Å². The molecule has 0 radical (unpaired) electrons. The summed E-state index contributed by atoms with van der Waals surface area (Å²) in [6, 6.07) is 13.3. The number of benzene rings is 2. The first-order valence-electron chi connectivity index (χ1n) is 8.67. The lowest BCUT2D eigenvalue weighted by molar-refractivity contribution is 0.0601. The second-order valence-electron chi connectivity index (χ2n) is 6.12. The van der Waals surface area contributed by atoms with Gasteiger partial charge in [-0.1, -0.05) is 47.5 Å². The summed E-state index contributed by atoms with van der Waals surface area (Å²) < 4.78 is 4.84. The molecule has 3 rings (SSSR count). The topological polar surface area (TPSA) is 84.5 Å². The maximum atomic E-state index is 12.8. The van der Waals surface area contributed by atoms with Crippen LogP contribution in [0.1, 0.15) is 36.0 Å². The highest BCUT2D eigenvalue weighted by Crippen LogP contribution is 2.35. The average molecular weight is 463 g/mol. The Morgan fingerprint density at radius 2 is 1.53 bits per heavy atom. The highest BCUT2D eigenvalue weighted by molar-refractivity contribution is 7.19. The molecule has 0 aliphatic carbocycles. The number of esters is 1. The molecule has 1 aromatic heterocycles. The van der Waals surface area contributed by atoms with Gasteiger partial charge in [0.15, 0.2) is 0 Å². The lowest BCUT2D eigenvalue weighted by Crippen LogP contribution is -2.15. The van der Waals surface area contributed by atoms with E-state index < -0.39 is 17.8 Å². The fourth-order valence-electron chi connectivity index (χ4n) is 2.72. The number of rotatable bonds is 5. The van der Waals surface area contributed by atoms with Gasteiger partial charge in [-0.25, -0.2) is 4.79 Å². The molecular weight excluding hydrogens is 447 g/mol. The zero-order chi connectivity index (χ0) is 21.8. The summed E-state index contributed by atoms with van der Waals surface area (Å²) in [7, 11) is 1.22. The number of halogens is 2. The van der Waals surface area contributed by atoms with Crippen LogP contribution in [-0.4, -0.2) is 24.9 Å². The van der Waals surface area contributed by atoms with Crippen LogP contribution in [0.5, 0.6) is 0 Å². The molecule has 0 spiro atoms. The Morgan fingerprint density at radius 1 is 0.900 bits per heavy atom. The third kappa shape index (κ3) is 4.48. The van der Waals surface area contributed by atoms with E-state index in [1.807, 2.05) is 0 Å². The minimum absolute atomic E-state index is 0.104. The van der Waals surface area contributed by atoms with Crippen molar-refractivity contribution in [1.29, 1.82) is 0 Å². The van der Waals surface area contributed by atoms with Gasteiger partial charge in [-0.05, 0) is 36.8 Å². The van der Waals surface area contributed by atoms with Crippen LogP contribution in [-0.2, 0) is 4.74 Å².